The molecule has 0 aliphatic carbocycles. The summed E-state index contributed by atoms with van der Waals surface area (Å²) in [6.45, 7) is 6.62. The van der Waals surface area contributed by atoms with Crippen LogP contribution in [0.2, 0.25) is 5.02 Å². The summed E-state index contributed by atoms with van der Waals surface area (Å²) >= 11 is 6.06. The highest BCUT2D eigenvalue weighted by Gasteiger charge is 2.10. The molecule has 0 bridgehead atoms. The number of rotatable bonds is 5. The van der Waals surface area contributed by atoms with Gasteiger partial charge in [-0.3, -0.25) is 0 Å². The van der Waals surface area contributed by atoms with Gasteiger partial charge in [0.2, 0.25) is 0 Å². The third-order valence-corrected chi connectivity index (χ3v) is 3.34. The molecular weight excluding hydrogens is 222 g/mol. The summed E-state index contributed by atoms with van der Waals surface area (Å²) in [5, 5.41) is 4.09. The van der Waals surface area contributed by atoms with Crippen LogP contribution in [0.3, 0.4) is 0 Å². The number of hydrogen-bond donors (Lipinski definition) is 1. The van der Waals surface area contributed by atoms with Crippen LogP contribution < -0.4 is 10.1 Å². The van der Waals surface area contributed by atoms with Crippen LogP contribution in [0.25, 0.3) is 0 Å². The number of halogens is 1. The summed E-state index contributed by atoms with van der Waals surface area (Å²) in [4.78, 5) is 0. The second-order valence-corrected chi connectivity index (χ2v) is 4.58. The normalized spacial score (nSPS) is 14.3. The van der Waals surface area contributed by atoms with Gasteiger partial charge in [-0.25, -0.2) is 0 Å². The molecule has 2 nitrogen and oxygen atoms in total. The molecule has 90 valence electrons. The van der Waals surface area contributed by atoms with Crippen molar-refractivity contribution in [3.8, 4) is 5.75 Å². The molecule has 0 amide bonds. The molecule has 0 aliphatic rings. The number of ether oxygens (including phenoxy) is 1. The van der Waals surface area contributed by atoms with Gasteiger partial charge in [-0.05, 0) is 31.0 Å². The summed E-state index contributed by atoms with van der Waals surface area (Å²) in [5.74, 6) is 1.35. The van der Waals surface area contributed by atoms with E-state index in [1.165, 1.54) is 0 Å². The molecule has 1 aromatic rings. The third-order valence-electron chi connectivity index (χ3n) is 3.04. The maximum Gasteiger partial charge on any atom is 0.137 e. The standard InChI is InChI=1S/C13H20ClNO/c1-5-9(2)10(3)15-11-6-7-13(16-4)12(14)8-11/h6-10,15H,5H2,1-4H3. The molecule has 0 spiro atoms. The molecule has 1 rings (SSSR count). The summed E-state index contributed by atoms with van der Waals surface area (Å²) in [7, 11) is 1.62. The Hall–Kier alpha value is -0.890. The van der Waals surface area contributed by atoms with Gasteiger partial charge in [0.15, 0.2) is 0 Å². The van der Waals surface area contributed by atoms with Crippen LogP contribution in [-0.2, 0) is 0 Å². The monoisotopic (exact) mass is 241 g/mol. The zero-order valence-electron chi connectivity index (χ0n) is 10.4. The molecule has 0 saturated carbocycles. The van der Waals surface area contributed by atoms with Crippen LogP contribution in [0.15, 0.2) is 18.2 Å². The maximum atomic E-state index is 6.06. The molecule has 0 aliphatic heterocycles. The van der Waals surface area contributed by atoms with Crippen molar-refractivity contribution in [1.29, 1.82) is 0 Å². The lowest BCUT2D eigenvalue weighted by Crippen LogP contribution is -2.23. The molecule has 2 unspecified atom stereocenters. The fourth-order valence-electron chi connectivity index (χ4n) is 1.51. The van der Waals surface area contributed by atoms with E-state index in [1.807, 2.05) is 18.2 Å². The lowest BCUT2D eigenvalue weighted by atomic mass is 10.0. The average molecular weight is 242 g/mol. The largest absolute Gasteiger partial charge is 0.495 e. The molecule has 3 heteroatoms. The lowest BCUT2D eigenvalue weighted by Gasteiger charge is -2.21. The number of anilines is 1. The van der Waals surface area contributed by atoms with E-state index in [0.717, 1.165) is 12.1 Å². The first-order valence-electron chi connectivity index (χ1n) is 5.68. The quantitative estimate of drug-likeness (QED) is 0.835. The van der Waals surface area contributed by atoms with Gasteiger partial charge in [0.1, 0.15) is 5.75 Å². The van der Waals surface area contributed by atoms with Crippen molar-refractivity contribution in [2.75, 3.05) is 12.4 Å². The second-order valence-electron chi connectivity index (χ2n) is 4.17. The van der Waals surface area contributed by atoms with E-state index in [4.69, 9.17) is 16.3 Å². The van der Waals surface area contributed by atoms with Crippen LogP contribution in [0.1, 0.15) is 27.2 Å². The Balaban J connectivity index is 2.71. The molecule has 2 atom stereocenters. The van der Waals surface area contributed by atoms with E-state index in [1.54, 1.807) is 7.11 Å². The van der Waals surface area contributed by atoms with Crippen molar-refractivity contribution in [2.24, 2.45) is 5.92 Å². The van der Waals surface area contributed by atoms with Gasteiger partial charge < -0.3 is 10.1 Å². The Morgan fingerprint density at radius 3 is 2.56 bits per heavy atom. The van der Waals surface area contributed by atoms with Crippen molar-refractivity contribution < 1.29 is 4.74 Å². The van der Waals surface area contributed by atoms with Crippen molar-refractivity contribution in [1.82, 2.24) is 0 Å². The zero-order chi connectivity index (χ0) is 12.1. The van der Waals surface area contributed by atoms with E-state index in [2.05, 4.69) is 26.1 Å². The van der Waals surface area contributed by atoms with Crippen LogP contribution in [0, 0.1) is 5.92 Å². The van der Waals surface area contributed by atoms with Crippen molar-refractivity contribution in [3.05, 3.63) is 23.2 Å². The second kappa shape index (κ2) is 6.00. The number of nitrogens with one attached hydrogen (secondary N) is 1. The van der Waals surface area contributed by atoms with Crippen LogP contribution >= 0.6 is 11.6 Å². The Bertz CT molecular complexity index is 341. The highest BCUT2D eigenvalue weighted by molar-refractivity contribution is 6.32. The fourth-order valence-corrected chi connectivity index (χ4v) is 1.77. The van der Waals surface area contributed by atoms with Gasteiger partial charge in [0.05, 0.1) is 12.1 Å². The van der Waals surface area contributed by atoms with E-state index in [0.29, 0.717) is 22.7 Å². The summed E-state index contributed by atoms with van der Waals surface area (Å²) < 4.78 is 5.11. The molecule has 0 saturated heterocycles. The maximum absolute atomic E-state index is 6.06. The number of methoxy groups -OCH3 is 1. The van der Waals surface area contributed by atoms with Gasteiger partial charge in [-0.15, -0.1) is 0 Å². The smallest absolute Gasteiger partial charge is 0.137 e. The van der Waals surface area contributed by atoms with Gasteiger partial charge in [0.25, 0.3) is 0 Å². The molecule has 16 heavy (non-hydrogen) atoms. The predicted octanol–water partition coefficient (Wildman–Crippen LogP) is 4.20. The Labute approximate surface area is 103 Å². The number of benzene rings is 1. The molecule has 1 N–H and O–H groups in total. The first-order chi connectivity index (χ1) is 7.58. The average Bonchev–Trinajstić information content (AvgIpc) is 2.28. The summed E-state index contributed by atoms with van der Waals surface area (Å²) in [6, 6.07) is 6.21. The molecule has 0 aromatic heterocycles. The minimum Gasteiger partial charge on any atom is -0.495 e. The first-order valence-corrected chi connectivity index (χ1v) is 6.06. The highest BCUT2D eigenvalue weighted by atomic mass is 35.5. The molecule has 0 fully saturated rings. The topological polar surface area (TPSA) is 21.3 Å². The zero-order valence-corrected chi connectivity index (χ0v) is 11.1. The van der Waals surface area contributed by atoms with Crippen molar-refractivity contribution in [2.45, 2.75) is 33.2 Å². The Morgan fingerprint density at radius 1 is 1.38 bits per heavy atom. The predicted molar refractivity (Wildman–Crippen MR) is 70.5 cm³/mol. The van der Waals surface area contributed by atoms with Crippen molar-refractivity contribution >= 4 is 17.3 Å². The molecule has 0 heterocycles. The number of hydrogen-bond acceptors (Lipinski definition) is 2. The Kier molecular flexibility index (Phi) is 4.94. The molecule has 0 radical (unpaired) electrons. The summed E-state index contributed by atoms with van der Waals surface area (Å²) in [6.07, 6.45) is 1.16. The minimum atomic E-state index is 0.439. The highest BCUT2D eigenvalue weighted by Crippen LogP contribution is 2.28. The minimum absolute atomic E-state index is 0.439. The third kappa shape index (κ3) is 3.31. The fraction of sp³-hybridized carbons (Fsp3) is 0.538. The van der Waals surface area contributed by atoms with Gasteiger partial charge in [-0.1, -0.05) is 31.9 Å². The van der Waals surface area contributed by atoms with E-state index >= 15 is 0 Å². The van der Waals surface area contributed by atoms with E-state index in [9.17, 15) is 0 Å². The first kappa shape index (κ1) is 13.2. The lowest BCUT2D eigenvalue weighted by molar-refractivity contribution is 0.415. The Morgan fingerprint density at radius 2 is 2.06 bits per heavy atom. The van der Waals surface area contributed by atoms with Crippen LogP contribution in [0.4, 0.5) is 5.69 Å². The molecular formula is C13H20ClNO. The van der Waals surface area contributed by atoms with E-state index < -0.39 is 0 Å². The van der Waals surface area contributed by atoms with Crippen LogP contribution in [-0.4, -0.2) is 13.2 Å². The van der Waals surface area contributed by atoms with Gasteiger partial charge >= 0.3 is 0 Å². The van der Waals surface area contributed by atoms with Gasteiger partial charge in [-0.2, -0.15) is 0 Å². The SMILES string of the molecule is CCC(C)C(C)Nc1ccc(OC)c(Cl)c1. The van der Waals surface area contributed by atoms with Crippen LogP contribution in [0.5, 0.6) is 5.75 Å². The van der Waals surface area contributed by atoms with Crippen molar-refractivity contribution in [3.63, 3.8) is 0 Å². The summed E-state index contributed by atoms with van der Waals surface area (Å²) in [5.41, 5.74) is 1.04. The van der Waals surface area contributed by atoms with E-state index in [-0.39, 0.29) is 0 Å². The van der Waals surface area contributed by atoms with Gasteiger partial charge in [0, 0.05) is 11.7 Å². The molecule has 1 aromatic carbocycles.